The Morgan fingerprint density at radius 2 is 2.05 bits per heavy atom. The van der Waals surface area contributed by atoms with Gasteiger partial charge in [-0.1, -0.05) is 20.3 Å². The Balaban J connectivity index is 2.52. The first-order valence-electron chi connectivity index (χ1n) is 6.25. The van der Waals surface area contributed by atoms with Crippen LogP contribution in [-0.2, 0) is 14.6 Å². The Kier molecular flexibility index (Phi) is 5.16. The normalized spacial score (nSPS) is 24.4. The molecule has 7 nitrogen and oxygen atoms in total. The molecule has 1 aliphatic heterocycles. The van der Waals surface area contributed by atoms with Crippen LogP contribution in [0, 0.1) is 5.92 Å². The van der Waals surface area contributed by atoms with Gasteiger partial charge in [0.1, 0.15) is 6.04 Å². The predicted molar refractivity (Wildman–Crippen MR) is 69.6 cm³/mol. The number of carboxylic acid groups (broad SMARTS) is 1. The molecule has 0 bridgehead atoms. The van der Waals surface area contributed by atoms with Crippen molar-refractivity contribution in [2.75, 3.05) is 11.5 Å². The van der Waals surface area contributed by atoms with Crippen LogP contribution < -0.4 is 10.6 Å². The molecular weight excluding hydrogens is 272 g/mol. The summed E-state index contributed by atoms with van der Waals surface area (Å²) in [5.41, 5.74) is 0. The minimum Gasteiger partial charge on any atom is -0.480 e. The molecule has 19 heavy (non-hydrogen) atoms. The van der Waals surface area contributed by atoms with Crippen LogP contribution >= 0.6 is 0 Å². The van der Waals surface area contributed by atoms with E-state index in [0.717, 1.165) is 0 Å². The highest BCUT2D eigenvalue weighted by molar-refractivity contribution is 7.91. The minimum atomic E-state index is -3.07. The van der Waals surface area contributed by atoms with E-state index in [1.54, 1.807) is 6.92 Å². The van der Waals surface area contributed by atoms with Gasteiger partial charge in [0.25, 0.3) is 0 Å². The highest BCUT2D eigenvalue weighted by Crippen LogP contribution is 2.12. The largest absolute Gasteiger partial charge is 0.480 e. The third-order valence-corrected chi connectivity index (χ3v) is 5.10. The average molecular weight is 292 g/mol. The molecule has 0 saturated carbocycles. The zero-order chi connectivity index (χ0) is 14.6. The molecule has 110 valence electrons. The van der Waals surface area contributed by atoms with Crippen LogP contribution in [0.5, 0.6) is 0 Å². The lowest BCUT2D eigenvalue weighted by molar-refractivity contribution is -0.140. The smallest absolute Gasteiger partial charge is 0.326 e. The van der Waals surface area contributed by atoms with Gasteiger partial charge in [0.15, 0.2) is 9.84 Å². The molecule has 0 aromatic carbocycles. The van der Waals surface area contributed by atoms with Crippen molar-refractivity contribution in [3.05, 3.63) is 0 Å². The molecule has 3 N–H and O–H groups in total. The molecule has 3 atom stereocenters. The molecule has 0 spiro atoms. The second kappa shape index (κ2) is 6.23. The highest BCUT2D eigenvalue weighted by Gasteiger charge is 2.31. The molecule has 8 heteroatoms. The molecule has 0 aromatic heterocycles. The third kappa shape index (κ3) is 4.70. The summed E-state index contributed by atoms with van der Waals surface area (Å²) in [6.07, 6.45) is 0.992. The van der Waals surface area contributed by atoms with Crippen molar-refractivity contribution in [2.45, 2.75) is 38.8 Å². The fraction of sp³-hybridized carbons (Fsp3) is 0.818. The quantitative estimate of drug-likeness (QED) is 0.659. The predicted octanol–water partition coefficient (Wildman–Crippen LogP) is -0.0280. The van der Waals surface area contributed by atoms with Crippen molar-refractivity contribution in [1.82, 2.24) is 10.6 Å². The van der Waals surface area contributed by atoms with Crippen LogP contribution in [-0.4, -0.2) is 49.1 Å². The summed E-state index contributed by atoms with van der Waals surface area (Å²) in [4.78, 5) is 22.7. The molecule has 0 aromatic rings. The van der Waals surface area contributed by atoms with Crippen molar-refractivity contribution < 1.29 is 23.1 Å². The fourth-order valence-electron chi connectivity index (χ4n) is 1.96. The summed E-state index contributed by atoms with van der Waals surface area (Å²) in [5, 5.41) is 13.9. The van der Waals surface area contributed by atoms with E-state index in [1.807, 2.05) is 6.92 Å². The first-order valence-corrected chi connectivity index (χ1v) is 8.07. The lowest BCUT2D eigenvalue weighted by Crippen LogP contribution is -2.51. The number of sulfone groups is 1. The van der Waals surface area contributed by atoms with Gasteiger partial charge >= 0.3 is 12.0 Å². The topological polar surface area (TPSA) is 113 Å². The molecule has 1 saturated heterocycles. The second-order valence-corrected chi connectivity index (χ2v) is 7.15. The number of hydrogen-bond donors (Lipinski definition) is 3. The van der Waals surface area contributed by atoms with Crippen LogP contribution in [0.1, 0.15) is 26.7 Å². The van der Waals surface area contributed by atoms with Gasteiger partial charge in [0.05, 0.1) is 11.5 Å². The zero-order valence-electron chi connectivity index (χ0n) is 11.0. The van der Waals surface area contributed by atoms with Gasteiger partial charge < -0.3 is 15.7 Å². The summed E-state index contributed by atoms with van der Waals surface area (Å²) in [6, 6.07) is -2.03. The van der Waals surface area contributed by atoms with Gasteiger partial charge in [0.2, 0.25) is 0 Å². The van der Waals surface area contributed by atoms with E-state index in [2.05, 4.69) is 10.6 Å². The summed E-state index contributed by atoms with van der Waals surface area (Å²) in [5.74, 6) is -1.31. The summed E-state index contributed by atoms with van der Waals surface area (Å²) in [7, 11) is -3.07. The van der Waals surface area contributed by atoms with Gasteiger partial charge in [-0.2, -0.15) is 0 Å². The Labute approximate surface area is 112 Å². The van der Waals surface area contributed by atoms with E-state index in [0.29, 0.717) is 12.8 Å². The molecule has 3 unspecified atom stereocenters. The molecule has 1 fully saturated rings. The number of urea groups is 1. The van der Waals surface area contributed by atoms with E-state index in [-0.39, 0.29) is 17.4 Å². The van der Waals surface area contributed by atoms with Gasteiger partial charge in [-0.15, -0.1) is 0 Å². The van der Waals surface area contributed by atoms with E-state index in [1.165, 1.54) is 0 Å². The molecule has 2 amide bonds. The molecular formula is C11H20N2O5S. The molecule has 1 heterocycles. The fourth-order valence-corrected chi connectivity index (χ4v) is 3.63. The number of hydrogen-bond acceptors (Lipinski definition) is 4. The molecule has 1 rings (SSSR count). The monoisotopic (exact) mass is 292 g/mol. The van der Waals surface area contributed by atoms with Crippen molar-refractivity contribution in [2.24, 2.45) is 5.92 Å². The first kappa shape index (κ1) is 15.7. The average Bonchev–Trinajstić information content (AvgIpc) is 2.64. The van der Waals surface area contributed by atoms with E-state index in [4.69, 9.17) is 5.11 Å². The van der Waals surface area contributed by atoms with E-state index >= 15 is 0 Å². The number of nitrogens with one attached hydrogen (secondary N) is 2. The number of aliphatic carboxylic acids is 1. The van der Waals surface area contributed by atoms with Crippen molar-refractivity contribution in [1.29, 1.82) is 0 Å². The minimum absolute atomic E-state index is 0.0612. The van der Waals surface area contributed by atoms with Crippen LogP contribution in [0.15, 0.2) is 0 Å². The van der Waals surface area contributed by atoms with Crippen molar-refractivity contribution in [3.8, 4) is 0 Å². The summed E-state index contributed by atoms with van der Waals surface area (Å²) < 4.78 is 22.5. The van der Waals surface area contributed by atoms with Crippen molar-refractivity contribution in [3.63, 3.8) is 0 Å². The van der Waals surface area contributed by atoms with Crippen LogP contribution in [0.2, 0.25) is 0 Å². The van der Waals surface area contributed by atoms with Gasteiger partial charge in [-0.25, -0.2) is 18.0 Å². The maximum absolute atomic E-state index is 11.7. The van der Waals surface area contributed by atoms with Gasteiger partial charge in [-0.05, 0) is 12.3 Å². The maximum atomic E-state index is 11.7. The van der Waals surface area contributed by atoms with E-state index in [9.17, 15) is 18.0 Å². The Morgan fingerprint density at radius 1 is 1.42 bits per heavy atom. The Hall–Kier alpha value is -1.31. The Bertz CT molecular complexity index is 448. The SMILES string of the molecule is CCC(C)C(NC(=O)NC1CCS(=O)(=O)C1)C(=O)O. The van der Waals surface area contributed by atoms with Crippen LogP contribution in [0.3, 0.4) is 0 Å². The number of rotatable bonds is 5. The number of carboxylic acids is 1. The zero-order valence-corrected chi connectivity index (χ0v) is 11.9. The third-order valence-electron chi connectivity index (χ3n) is 3.33. The van der Waals surface area contributed by atoms with Gasteiger partial charge in [0, 0.05) is 6.04 Å². The van der Waals surface area contributed by atoms with Crippen LogP contribution in [0.4, 0.5) is 4.79 Å². The standard InChI is InChI=1S/C11H20N2O5S/c1-3-7(2)9(10(14)15)13-11(16)12-8-4-5-19(17,18)6-8/h7-9H,3-6H2,1-2H3,(H,14,15)(H2,12,13,16). The van der Waals surface area contributed by atoms with E-state index < -0.39 is 33.9 Å². The summed E-state index contributed by atoms with van der Waals surface area (Å²) >= 11 is 0. The molecule has 0 aliphatic carbocycles. The first-order chi connectivity index (χ1) is 8.75. The van der Waals surface area contributed by atoms with Crippen molar-refractivity contribution >= 4 is 21.8 Å². The number of carbonyl (C=O) groups excluding carboxylic acids is 1. The number of carbonyl (C=O) groups is 2. The molecule has 1 aliphatic rings. The molecule has 0 radical (unpaired) electrons. The lowest BCUT2D eigenvalue weighted by atomic mass is 9.99. The second-order valence-electron chi connectivity index (χ2n) is 4.92. The highest BCUT2D eigenvalue weighted by atomic mass is 32.2. The maximum Gasteiger partial charge on any atom is 0.326 e. The lowest BCUT2D eigenvalue weighted by Gasteiger charge is -2.21. The van der Waals surface area contributed by atoms with Crippen LogP contribution in [0.25, 0.3) is 0 Å². The summed E-state index contributed by atoms with van der Waals surface area (Å²) in [6.45, 7) is 3.57. The number of amides is 2. The Morgan fingerprint density at radius 3 is 2.47 bits per heavy atom. The van der Waals surface area contributed by atoms with Gasteiger partial charge in [-0.3, -0.25) is 0 Å².